The SMILES string of the molecule is CC(=O)N1CCC(/C=C/c2c(C)cccc2C)CC1. The number of piperidine rings is 1. The van der Waals surface area contributed by atoms with Crippen LogP contribution in [0.1, 0.15) is 36.5 Å². The van der Waals surface area contributed by atoms with Crippen LogP contribution in [0.25, 0.3) is 6.08 Å². The van der Waals surface area contributed by atoms with Gasteiger partial charge in [-0.05, 0) is 49.3 Å². The Morgan fingerprint density at radius 1 is 1.21 bits per heavy atom. The third kappa shape index (κ3) is 3.46. The van der Waals surface area contributed by atoms with Gasteiger partial charge < -0.3 is 4.90 Å². The second-order valence-corrected chi connectivity index (χ2v) is 5.51. The number of allylic oxidation sites excluding steroid dienone is 1. The second kappa shape index (κ2) is 6.05. The summed E-state index contributed by atoms with van der Waals surface area (Å²) < 4.78 is 0. The van der Waals surface area contributed by atoms with Crippen molar-refractivity contribution >= 4 is 12.0 Å². The summed E-state index contributed by atoms with van der Waals surface area (Å²) in [7, 11) is 0. The first-order chi connectivity index (χ1) is 9.08. The summed E-state index contributed by atoms with van der Waals surface area (Å²) in [6, 6.07) is 6.42. The van der Waals surface area contributed by atoms with Crippen LogP contribution < -0.4 is 0 Å². The highest BCUT2D eigenvalue weighted by Gasteiger charge is 2.18. The zero-order valence-electron chi connectivity index (χ0n) is 12.1. The Balaban J connectivity index is 1.99. The van der Waals surface area contributed by atoms with Gasteiger partial charge in [-0.2, -0.15) is 0 Å². The highest BCUT2D eigenvalue weighted by molar-refractivity contribution is 5.73. The number of carbonyl (C=O) groups excluding carboxylic acids is 1. The zero-order chi connectivity index (χ0) is 13.8. The van der Waals surface area contributed by atoms with Crippen LogP contribution in [0.5, 0.6) is 0 Å². The van der Waals surface area contributed by atoms with Crippen molar-refractivity contribution in [3.63, 3.8) is 0 Å². The van der Waals surface area contributed by atoms with Gasteiger partial charge in [0.2, 0.25) is 5.91 Å². The molecule has 1 fully saturated rings. The Kier molecular flexibility index (Phi) is 4.41. The predicted molar refractivity (Wildman–Crippen MR) is 79.9 cm³/mol. The summed E-state index contributed by atoms with van der Waals surface area (Å²) in [6.45, 7) is 7.77. The van der Waals surface area contributed by atoms with E-state index in [9.17, 15) is 4.79 Å². The normalized spacial score (nSPS) is 17.1. The number of amides is 1. The van der Waals surface area contributed by atoms with Crippen molar-refractivity contribution < 1.29 is 4.79 Å². The van der Waals surface area contributed by atoms with Crippen LogP contribution in [-0.4, -0.2) is 23.9 Å². The van der Waals surface area contributed by atoms with Crippen LogP contribution in [-0.2, 0) is 4.79 Å². The van der Waals surface area contributed by atoms with Gasteiger partial charge in [-0.25, -0.2) is 0 Å². The molecule has 0 aliphatic carbocycles. The number of benzene rings is 1. The number of hydrogen-bond acceptors (Lipinski definition) is 1. The van der Waals surface area contributed by atoms with Gasteiger partial charge in [-0.15, -0.1) is 0 Å². The molecule has 0 spiro atoms. The zero-order valence-corrected chi connectivity index (χ0v) is 12.1. The summed E-state index contributed by atoms with van der Waals surface area (Å²) >= 11 is 0. The molecule has 1 saturated heterocycles. The van der Waals surface area contributed by atoms with Crippen molar-refractivity contribution in [2.24, 2.45) is 5.92 Å². The quantitative estimate of drug-likeness (QED) is 0.793. The maximum absolute atomic E-state index is 11.3. The fraction of sp³-hybridized carbons (Fsp3) is 0.471. The lowest BCUT2D eigenvalue weighted by Gasteiger charge is -2.29. The monoisotopic (exact) mass is 257 g/mol. The summed E-state index contributed by atoms with van der Waals surface area (Å²) in [5, 5.41) is 0. The molecule has 1 aliphatic rings. The van der Waals surface area contributed by atoms with E-state index in [0.29, 0.717) is 5.92 Å². The maximum atomic E-state index is 11.3. The van der Waals surface area contributed by atoms with E-state index in [1.54, 1.807) is 6.92 Å². The molecule has 2 heteroatoms. The highest BCUT2D eigenvalue weighted by Crippen LogP contribution is 2.21. The fourth-order valence-corrected chi connectivity index (χ4v) is 2.73. The van der Waals surface area contributed by atoms with Crippen LogP contribution in [0.15, 0.2) is 24.3 Å². The van der Waals surface area contributed by atoms with Crippen LogP contribution in [0.2, 0.25) is 0 Å². The van der Waals surface area contributed by atoms with E-state index in [1.165, 1.54) is 16.7 Å². The van der Waals surface area contributed by atoms with E-state index in [1.807, 2.05) is 4.90 Å². The lowest BCUT2D eigenvalue weighted by molar-refractivity contribution is -0.129. The number of aryl methyl sites for hydroxylation is 2. The molecule has 2 rings (SSSR count). The van der Waals surface area contributed by atoms with Crippen molar-refractivity contribution in [1.82, 2.24) is 4.90 Å². The molecular weight excluding hydrogens is 234 g/mol. The van der Waals surface area contributed by atoms with E-state index >= 15 is 0 Å². The van der Waals surface area contributed by atoms with E-state index in [0.717, 1.165) is 25.9 Å². The highest BCUT2D eigenvalue weighted by atomic mass is 16.2. The molecule has 0 bridgehead atoms. The van der Waals surface area contributed by atoms with E-state index in [-0.39, 0.29) is 5.91 Å². The minimum Gasteiger partial charge on any atom is -0.343 e. The third-order valence-electron chi connectivity index (χ3n) is 4.06. The van der Waals surface area contributed by atoms with Crippen LogP contribution >= 0.6 is 0 Å². The number of likely N-dealkylation sites (tertiary alicyclic amines) is 1. The van der Waals surface area contributed by atoms with Crippen molar-refractivity contribution in [1.29, 1.82) is 0 Å². The minimum atomic E-state index is 0.206. The Morgan fingerprint density at radius 2 is 1.79 bits per heavy atom. The molecule has 0 atom stereocenters. The van der Waals surface area contributed by atoms with E-state index in [4.69, 9.17) is 0 Å². The molecule has 0 radical (unpaired) electrons. The molecule has 102 valence electrons. The van der Waals surface area contributed by atoms with Gasteiger partial charge in [0.15, 0.2) is 0 Å². The summed E-state index contributed by atoms with van der Waals surface area (Å²) in [5.74, 6) is 0.812. The Morgan fingerprint density at radius 3 is 2.32 bits per heavy atom. The molecule has 0 saturated carbocycles. The van der Waals surface area contributed by atoms with E-state index < -0.39 is 0 Å². The first kappa shape index (κ1) is 13.9. The molecule has 1 heterocycles. The molecule has 1 aliphatic heterocycles. The van der Waals surface area contributed by atoms with E-state index in [2.05, 4.69) is 44.2 Å². The molecular formula is C17H23NO. The first-order valence-corrected chi connectivity index (χ1v) is 7.08. The largest absolute Gasteiger partial charge is 0.343 e. The van der Waals surface area contributed by atoms with Gasteiger partial charge in [0.1, 0.15) is 0 Å². The van der Waals surface area contributed by atoms with Crippen molar-refractivity contribution in [2.75, 3.05) is 13.1 Å². The maximum Gasteiger partial charge on any atom is 0.219 e. The smallest absolute Gasteiger partial charge is 0.219 e. The molecule has 0 aromatic heterocycles. The number of rotatable bonds is 2. The van der Waals surface area contributed by atoms with Gasteiger partial charge >= 0.3 is 0 Å². The van der Waals surface area contributed by atoms with Crippen LogP contribution in [0, 0.1) is 19.8 Å². The Hall–Kier alpha value is -1.57. The molecule has 19 heavy (non-hydrogen) atoms. The number of nitrogens with zero attached hydrogens (tertiary/aromatic N) is 1. The molecule has 0 unspecified atom stereocenters. The Labute approximate surface area is 116 Å². The van der Waals surface area contributed by atoms with Gasteiger partial charge in [-0.3, -0.25) is 4.79 Å². The summed E-state index contributed by atoms with van der Waals surface area (Å²) in [5.41, 5.74) is 4.01. The average molecular weight is 257 g/mol. The van der Waals surface area contributed by atoms with Gasteiger partial charge in [0.25, 0.3) is 0 Å². The summed E-state index contributed by atoms with van der Waals surface area (Å²) in [4.78, 5) is 13.2. The lowest BCUT2D eigenvalue weighted by Crippen LogP contribution is -2.36. The molecule has 0 N–H and O–H groups in total. The number of carbonyl (C=O) groups is 1. The van der Waals surface area contributed by atoms with Gasteiger partial charge in [-0.1, -0.05) is 30.4 Å². The van der Waals surface area contributed by atoms with Crippen LogP contribution in [0.4, 0.5) is 0 Å². The van der Waals surface area contributed by atoms with Crippen molar-refractivity contribution in [3.8, 4) is 0 Å². The standard InChI is InChI=1S/C17H23NO/c1-13-5-4-6-14(2)17(13)8-7-16-9-11-18(12-10-16)15(3)19/h4-8,16H,9-12H2,1-3H3/b8-7+. The van der Waals surface area contributed by atoms with Gasteiger partial charge in [0, 0.05) is 20.0 Å². The molecule has 1 aromatic rings. The third-order valence-corrected chi connectivity index (χ3v) is 4.06. The number of hydrogen-bond donors (Lipinski definition) is 0. The van der Waals surface area contributed by atoms with Crippen molar-refractivity contribution in [2.45, 2.75) is 33.6 Å². The van der Waals surface area contributed by atoms with Crippen molar-refractivity contribution in [3.05, 3.63) is 41.0 Å². The second-order valence-electron chi connectivity index (χ2n) is 5.51. The minimum absolute atomic E-state index is 0.206. The predicted octanol–water partition coefficient (Wildman–Crippen LogP) is 3.58. The Bertz CT molecular complexity index is 462. The average Bonchev–Trinajstić information content (AvgIpc) is 2.38. The van der Waals surface area contributed by atoms with Gasteiger partial charge in [0.05, 0.1) is 0 Å². The molecule has 2 nitrogen and oxygen atoms in total. The first-order valence-electron chi connectivity index (χ1n) is 7.08. The van der Waals surface area contributed by atoms with Crippen LogP contribution in [0.3, 0.4) is 0 Å². The topological polar surface area (TPSA) is 20.3 Å². The molecule has 1 amide bonds. The lowest BCUT2D eigenvalue weighted by atomic mass is 9.94. The fourth-order valence-electron chi connectivity index (χ4n) is 2.73. The summed E-state index contributed by atoms with van der Waals surface area (Å²) in [6.07, 6.45) is 6.76. The molecule has 1 aromatic carbocycles.